The Balaban J connectivity index is 2.18. The molecule has 0 atom stereocenters. The molecular weight excluding hydrogens is 258 g/mol. The van der Waals surface area contributed by atoms with Crippen LogP contribution in [0, 0.1) is 6.92 Å². The number of carboxylic acids is 1. The van der Waals surface area contributed by atoms with Crippen molar-refractivity contribution >= 4 is 12.0 Å². The molecule has 1 aromatic heterocycles. The summed E-state index contributed by atoms with van der Waals surface area (Å²) in [6.07, 6.45) is 4.06. The van der Waals surface area contributed by atoms with Crippen molar-refractivity contribution in [2.45, 2.75) is 13.5 Å². The van der Waals surface area contributed by atoms with Crippen LogP contribution in [0.3, 0.4) is 0 Å². The molecule has 1 heterocycles. The predicted octanol–water partition coefficient (Wildman–Crippen LogP) is 1.80. The molecule has 0 spiro atoms. The van der Waals surface area contributed by atoms with Gasteiger partial charge in [0.15, 0.2) is 5.82 Å². The van der Waals surface area contributed by atoms with Gasteiger partial charge in [-0.2, -0.15) is 5.10 Å². The summed E-state index contributed by atoms with van der Waals surface area (Å²) < 4.78 is 7.31. The maximum atomic E-state index is 10.6. The van der Waals surface area contributed by atoms with E-state index in [2.05, 4.69) is 10.1 Å². The van der Waals surface area contributed by atoms with Crippen LogP contribution in [-0.4, -0.2) is 25.8 Å². The van der Waals surface area contributed by atoms with Gasteiger partial charge in [-0.25, -0.2) is 9.78 Å². The van der Waals surface area contributed by atoms with Gasteiger partial charge in [0.25, 0.3) is 0 Å². The summed E-state index contributed by atoms with van der Waals surface area (Å²) in [5.41, 5.74) is 1.75. The zero-order valence-corrected chi connectivity index (χ0v) is 11.3. The lowest BCUT2D eigenvalue weighted by molar-refractivity contribution is -0.131. The second-order valence-electron chi connectivity index (χ2n) is 4.30. The van der Waals surface area contributed by atoms with Gasteiger partial charge in [-0.3, -0.25) is 4.68 Å². The van der Waals surface area contributed by atoms with Gasteiger partial charge in [-0.15, -0.1) is 0 Å². The summed E-state index contributed by atoms with van der Waals surface area (Å²) in [6.45, 7) is 2.21. The highest BCUT2D eigenvalue weighted by molar-refractivity contribution is 5.85. The van der Waals surface area contributed by atoms with E-state index in [1.165, 1.54) is 12.4 Å². The molecule has 1 N–H and O–H groups in total. The van der Waals surface area contributed by atoms with Crippen molar-refractivity contribution in [1.29, 1.82) is 0 Å². The van der Waals surface area contributed by atoms with Crippen LogP contribution in [0.15, 0.2) is 30.6 Å². The Bertz CT molecular complexity index is 647. The molecule has 0 aliphatic heterocycles. The van der Waals surface area contributed by atoms with E-state index < -0.39 is 5.97 Å². The Morgan fingerprint density at radius 2 is 2.30 bits per heavy atom. The molecule has 2 aromatic rings. The van der Waals surface area contributed by atoms with Crippen LogP contribution in [0.2, 0.25) is 0 Å². The molecule has 20 heavy (non-hydrogen) atoms. The maximum Gasteiger partial charge on any atom is 0.328 e. The summed E-state index contributed by atoms with van der Waals surface area (Å²) in [7, 11) is 1.78. The topological polar surface area (TPSA) is 77.2 Å². The monoisotopic (exact) mass is 273 g/mol. The van der Waals surface area contributed by atoms with Crippen LogP contribution < -0.4 is 4.74 Å². The zero-order chi connectivity index (χ0) is 14.5. The van der Waals surface area contributed by atoms with Crippen molar-refractivity contribution < 1.29 is 14.6 Å². The van der Waals surface area contributed by atoms with Crippen molar-refractivity contribution in [2.75, 3.05) is 0 Å². The van der Waals surface area contributed by atoms with Crippen molar-refractivity contribution in [2.24, 2.45) is 7.05 Å². The Labute approximate surface area is 116 Å². The van der Waals surface area contributed by atoms with Gasteiger partial charge in [-0.1, -0.05) is 11.6 Å². The number of aryl methyl sites for hydroxylation is 2. The number of nitrogens with zero attached hydrogens (tertiary/aromatic N) is 3. The van der Waals surface area contributed by atoms with E-state index in [1.54, 1.807) is 11.7 Å². The maximum absolute atomic E-state index is 10.6. The average Bonchev–Trinajstić information content (AvgIpc) is 2.81. The first kappa shape index (κ1) is 13.8. The highest BCUT2D eigenvalue weighted by Crippen LogP contribution is 2.22. The second kappa shape index (κ2) is 6.01. The lowest BCUT2D eigenvalue weighted by atomic mass is 10.1. The molecule has 0 radical (unpaired) electrons. The van der Waals surface area contributed by atoms with E-state index in [0.29, 0.717) is 11.6 Å². The lowest BCUT2D eigenvalue weighted by Crippen LogP contribution is -2.05. The number of carbonyl (C=O) groups is 1. The van der Waals surface area contributed by atoms with Crippen molar-refractivity contribution in [3.63, 3.8) is 0 Å². The van der Waals surface area contributed by atoms with E-state index in [-0.39, 0.29) is 6.61 Å². The molecule has 0 bridgehead atoms. The fraction of sp³-hybridized carbons (Fsp3) is 0.214. The van der Waals surface area contributed by atoms with Crippen LogP contribution >= 0.6 is 0 Å². The molecule has 0 aliphatic rings. The Kier molecular flexibility index (Phi) is 4.14. The number of rotatable bonds is 5. The summed E-state index contributed by atoms with van der Waals surface area (Å²) in [4.78, 5) is 14.7. The normalized spacial score (nSPS) is 10.9. The predicted molar refractivity (Wildman–Crippen MR) is 73.2 cm³/mol. The largest absolute Gasteiger partial charge is 0.485 e. The molecule has 0 aliphatic carbocycles. The van der Waals surface area contributed by atoms with E-state index in [1.807, 2.05) is 25.1 Å². The molecule has 0 saturated heterocycles. The van der Waals surface area contributed by atoms with Gasteiger partial charge in [0, 0.05) is 18.7 Å². The highest BCUT2D eigenvalue weighted by atomic mass is 16.5. The molecular formula is C14H15N3O3. The minimum atomic E-state index is -0.995. The van der Waals surface area contributed by atoms with Crippen LogP contribution in [0.1, 0.15) is 17.0 Å². The fourth-order valence-corrected chi connectivity index (χ4v) is 1.68. The van der Waals surface area contributed by atoms with Crippen LogP contribution in [-0.2, 0) is 18.4 Å². The van der Waals surface area contributed by atoms with Gasteiger partial charge in [0.1, 0.15) is 18.7 Å². The number of aromatic nitrogens is 3. The Morgan fingerprint density at radius 1 is 1.50 bits per heavy atom. The molecule has 0 fully saturated rings. The second-order valence-corrected chi connectivity index (χ2v) is 4.30. The average molecular weight is 273 g/mol. The van der Waals surface area contributed by atoms with Crippen LogP contribution in [0.4, 0.5) is 0 Å². The van der Waals surface area contributed by atoms with E-state index in [9.17, 15) is 4.79 Å². The standard InChI is InChI=1S/C14H15N3O3/c1-10-3-5-12(11(7-10)4-6-14(18)19)20-8-13-15-9-16-17(13)2/h3-7,9H,8H2,1-2H3,(H,18,19). The first-order valence-corrected chi connectivity index (χ1v) is 6.03. The van der Waals surface area contributed by atoms with Gasteiger partial charge in [0.05, 0.1) is 0 Å². The minimum absolute atomic E-state index is 0.271. The minimum Gasteiger partial charge on any atom is -0.485 e. The molecule has 2 rings (SSSR count). The molecule has 6 heteroatoms. The van der Waals surface area contributed by atoms with E-state index in [0.717, 1.165) is 17.2 Å². The van der Waals surface area contributed by atoms with Crippen LogP contribution in [0.25, 0.3) is 6.08 Å². The Morgan fingerprint density at radius 3 is 2.95 bits per heavy atom. The van der Waals surface area contributed by atoms with E-state index in [4.69, 9.17) is 9.84 Å². The third-order valence-electron chi connectivity index (χ3n) is 2.73. The van der Waals surface area contributed by atoms with Gasteiger partial charge in [0.2, 0.25) is 0 Å². The first-order valence-electron chi connectivity index (χ1n) is 6.03. The first-order chi connectivity index (χ1) is 9.56. The van der Waals surface area contributed by atoms with Gasteiger partial charge in [-0.05, 0) is 25.1 Å². The van der Waals surface area contributed by atoms with Gasteiger partial charge >= 0.3 is 5.97 Å². The van der Waals surface area contributed by atoms with Crippen molar-refractivity contribution in [3.8, 4) is 5.75 Å². The molecule has 104 valence electrons. The SMILES string of the molecule is Cc1ccc(OCc2ncnn2C)c(C=CC(=O)O)c1. The summed E-state index contributed by atoms with van der Waals surface area (Å²) in [5.74, 6) is 0.306. The van der Waals surface area contributed by atoms with Gasteiger partial charge < -0.3 is 9.84 Å². The van der Waals surface area contributed by atoms with Crippen LogP contribution in [0.5, 0.6) is 5.75 Å². The lowest BCUT2D eigenvalue weighted by Gasteiger charge is -2.09. The fourth-order valence-electron chi connectivity index (χ4n) is 1.68. The molecule has 0 saturated carbocycles. The third kappa shape index (κ3) is 3.44. The highest BCUT2D eigenvalue weighted by Gasteiger charge is 2.05. The van der Waals surface area contributed by atoms with Crippen molar-refractivity contribution in [3.05, 3.63) is 47.6 Å². The number of carboxylic acid groups (broad SMARTS) is 1. The summed E-state index contributed by atoms with van der Waals surface area (Å²) >= 11 is 0. The number of aliphatic carboxylic acids is 1. The van der Waals surface area contributed by atoms with Crippen molar-refractivity contribution in [1.82, 2.24) is 14.8 Å². The molecule has 0 amide bonds. The Hall–Kier alpha value is -2.63. The third-order valence-corrected chi connectivity index (χ3v) is 2.73. The summed E-state index contributed by atoms with van der Waals surface area (Å²) in [5, 5.41) is 12.7. The molecule has 1 aromatic carbocycles. The number of benzene rings is 1. The summed E-state index contributed by atoms with van der Waals surface area (Å²) in [6, 6.07) is 5.59. The van der Waals surface area contributed by atoms with E-state index >= 15 is 0 Å². The number of ether oxygens (including phenoxy) is 1. The number of hydrogen-bond acceptors (Lipinski definition) is 4. The molecule has 0 unspecified atom stereocenters. The zero-order valence-electron chi connectivity index (χ0n) is 11.3. The smallest absolute Gasteiger partial charge is 0.328 e. The number of hydrogen-bond donors (Lipinski definition) is 1. The molecule has 6 nitrogen and oxygen atoms in total. The quantitative estimate of drug-likeness (QED) is 0.840.